The number of hydrogen-bond donors (Lipinski definition) is 2. The van der Waals surface area contributed by atoms with Crippen LogP contribution in [-0.2, 0) is 0 Å². The fraction of sp³-hybridized carbons (Fsp3) is 0.0588. The lowest BCUT2D eigenvalue weighted by atomic mass is 10.2. The van der Waals surface area contributed by atoms with Gasteiger partial charge >= 0.3 is 0 Å². The topological polar surface area (TPSA) is 97.2 Å². The molecular formula is C17H12ClFN4O3S. The average molecular weight is 407 g/mol. The zero-order chi connectivity index (χ0) is 19.6. The standard InChI is InChI=1S/C17H12ClFN4O3S/c1-9-4-2-5-10(18)14(9)21-16(24)13-8-20-17(27-13)22-15-11(19)6-3-7-12(15)23(25)26/h2-8H,1H3,(H,20,22)(H,21,24). The summed E-state index contributed by atoms with van der Waals surface area (Å²) in [5.41, 5.74) is 0.533. The molecule has 3 aromatic rings. The van der Waals surface area contributed by atoms with Crippen LogP contribution in [-0.4, -0.2) is 15.8 Å². The number of carbonyl (C=O) groups is 1. The molecule has 27 heavy (non-hydrogen) atoms. The van der Waals surface area contributed by atoms with Crippen LogP contribution in [0.1, 0.15) is 15.2 Å². The van der Waals surface area contributed by atoms with Crippen molar-refractivity contribution < 1.29 is 14.1 Å². The number of nitro benzene ring substituents is 1. The number of benzene rings is 2. The molecule has 0 unspecified atom stereocenters. The summed E-state index contributed by atoms with van der Waals surface area (Å²) in [6.45, 7) is 1.80. The number of nitrogens with one attached hydrogen (secondary N) is 2. The van der Waals surface area contributed by atoms with E-state index in [1.807, 2.05) is 0 Å². The van der Waals surface area contributed by atoms with E-state index in [9.17, 15) is 19.3 Å². The van der Waals surface area contributed by atoms with E-state index in [4.69, 9.17) is 11.6 Å². The maximum absolute atomic E-state index is 14.0. The Hall–Kier alpha value is -3.04. The minimum absolute atomic E-state index is 0.143. The second-order valence-electron chi connectivity index (χ2n) is 5.43. The number of aromatic nitrogens is 1. The summed E-state index contributed by atoms with van der Waals surface area (Å²) in [4.78, 5) is 27.0. The maximum Gasteiger partial charge on any atom is 0.295 e. The van der Waals surface area contributed by atoms with Crippen LogP contribution >= 0.6 is 22.9 Å². The normalized spacial score (nSPS) is 10.5. The van der Waals surface area contributed by atoms with Gasteiger partial charge in [0, 0.05) is 6.07 Å². The van der Waals surface area contributed by atoms with Crippen molar-refractivity contribution in [3.8, 4) is 0 Å². The number of hydrogen-bond acceptors (Lipinski definition) is 6. The van der Waals surface area contributed by atoms with Gasteiger partial charge < -0.3 is 10.6 Å². The quantitative estimate of drug-likeness (QED) is 0.451. The van der Waals surface area contributed by atoms with E-state index in [1.54, 1.807) is 25.1 Å². The highest BCUT2D eigenvalue weighted by Crippen LogP contribution is 2.32. The van der Waals surface area contributed by atoms with Gasteiger partial charge in [0.1, 0.15) is 4.88 Å². The van der Waals surface area contributed by atoms with Crippen molar-refractivity contribution in [1.82, 2.24) is 4.98 Å². The first kappa shape index (κ1) is 18.7. The second-order valence-corrected chi connectivity index (χ2v) is 6.87. The molecule has 7 nitrogen and oxygen atoms in total. The van der Waals surface area contributed by atoms with Crippen LogP contribution in [0.4, 0.5) is 26.6 Å². The average Bonchev–Trinajstić information content (AvgIpc) is 3.08. The molecular weight excluding hydrogens is 395 g/mol. The number of nitrogens with zero attached hydrogens (tertiary/aromatic N) is 2. The van der Waals surface area contributed by atoms with E-state index in [0.29, 0.717) is 10.7 Å². The fourth-order valence-corrected chi connectivity index (χ4v) is 3.28. The first-order valence-corrected chi connectivity index (χ1v) is 8.78. The van der Waals surface area contributed by atoms with Gasteiger partial charge in [0.15, 0.2) is 16.6 Å². The molecule has 0 saturated heterocycles. The van der Waals surface area contributed by atoms with Gasteiger partial charge in [-0.2, -0.15) is 0 Å². The molecule has 1 aromatic heterocycles. The Bertz CT molecular complexity index is 1020. The van der Waals surface area contributed by atoms with E-state index in [1.165, 1.54) is 18.3 Å². The van der Waals surface area contributed by atoms with Crippen LogP contribution in [0.25, 0.3) is 0 Å². The molecule has 0 spiro atoms. The molecule has 0 aliphatic carbocycles. The lowest BCUT2D eigenvalue weighted by molar-refractivity contribution is -0.384. The van der Waals surface area contributed by atoms with Crippen LogP contribution < -0.4 is 10.6 Å². The highest BCUT2D eigenvalue weighted by molar-refractivity contribution is 7.17. The molecule has 3 rings (SSSR count). The van der Waals surface area contributed by atoms with Crippen molar-refractivity contribution in [1.29, 1.82) is 0 Å². The van der Waals surface area contributed by atoms with Crippen LogP contribution in [0.15, 0.2) is 42.6 Å². The predicted octanol–water partition coefficient (Wildman–Crippen LogP) is 5.15. The Balaban J connectivity index is 1.82. The van der Waals surface area contributed by atoms with Gasteiger partial charge in [0.2, 0.25) is 0 Å². The summed E-state index contributed by atoms with van der Waals surface area (Å²) in [5, 5.41) is 16.9. The van der Waals surface area contributed by atoms with E-state index >= 15 is 0 Å². The molecule has 0 atom stereocenters. The van der Waals surface area contributed by atoms with Crippen molar-refractivity contribution in [3.63, 3.8) is 0 Å². The van der Waals surface area contributed by atoms with Crippen molar-refractivity contribution in [2.24, 2.45) is 0 Å². The number of aryl methyl sites for hydroxylation is 1. The summed E-state index contributed by atoms with van der Waals surface area (Å²) in [5.74, 6) is -1.24. The fourth-order valence-electron chi connectivity index (χ4n) is 2.30. The minimum atomic E-state index is -0.794. The summed E-state index contributed by atoms with van der Waals surface area (Å²) >= 11 is 7.02. The third kappa shape index (κ3) is 4.04. The molecule has 2 N–H and O–H groups in total. The molecule has 1 heterocycles. The number of anilines is 3. The van der Waals surface area contributed by atoms with Gasteiger partial charge in [-0.05, 0) is 24.6 Å². The zero-order valence-corrected chi connectivity index (χ0v) is 15.4. The van der Waals surface area contributed by atoms with Gasteiger partial charge in [-0.1, -0.05) is 41.1 Å². The Morgan fingerprint density at radius 2 is 2.00 bits per heavy atom. The molecule has 0 fully saturated rings. The third-order valence-corrected chi connectivity index (χ3v) is 4.84. The SMILES string of the molecule is Cc1cccc(Cl)c1NC(=O)c1cnc(Nc2c(F)cccc2[N+](=O)[O-])s1. The molecule has 10 heteroatoms. The molecule has 138 valence electrons. The smallest absolute Gasteiger partial charge is 0.295 e. The zero-order valence-electron chi connectivity index (χ0n) is 13.8. The molecule has 0 saturated carbocycles. The minimum Gasteiger partial charge on any atom is -0.323 e. The first-order chi connectivity index (χ1) is 12.9. The number of carbonyl (C=O) groups excluding carboxylic acids is 1. The monoisotopic (exact) mass is 406 g/mol. The number of amides is 1. The number of thiazole rings is 1. The summed E-state index contributed by atoms with van der Waals surface area (Å²) in [6, 6.07) is 8.73. The lowest BCUT2D eigenvalue weighted by Gasteiger charge is -2.08. The van der Waals surface area contributed by atoms with E-state index in [0.717, 1.165) is 23.0 Å². The van der Waals surface area contributed by atoms with Crippen molar-refractivity contribution in [2.45, 2.75) is 6.92 Å². The van der Waals surface area contributed by atoms with Crippen molar-refractivity contribution in [3.05, 3.63) is 74.0 Å². The van der Waals surface area contributed by atoms with Crippen LogP contribution in [0, 0.1) is 22.9 Å². The van der Waals surface area contributed by atoms with Crippen molar-refractivity contribution >= 4 is 51.0 Å². The summed E-state index contributed by atoms with van der Waals surface area (Å²) in [7, 11) is 0. The number of rotatable bonds is 5. The lowest BCUT2D eigenvalue weighted by Crippen LogP contribution is -2.11. The molecule has 0 radical (unpaired) electrons. The summed E-state index contributed by atoms with van der Waals surface area (Å²) < 4.78 is 14.0. The van der Waals surface area contributed by atoms with Crippen molar-refractivity contribution in [2.75, 3.05) is 10.6 Å². The van der Waals surface area contributed by atoms with E-state index in [-0.39, 0.29) is 15.7 Å². The second kappa shape index (κ2) is 7.68. The Kier molecular flexibility index (Phi) is 5.33. The Morgan fingerprint density at radius 1 is 1.26 bits per heavy atom. The van der Waals surface area contributed by atoms with Crippen LogP contribution in [0.3, 0.4) is 0 Å². The van der Waals surface area contributed by atoms with Gasteiger partial charge in [0.05, 0.1) is 21.8 Å². The van der Waals surface area contributed by atoms with Gasteiger partial charge in [-0.15, -0.1) is 0 Å². The Labute approximate surface area is 162 Å². The van der Waals surface area contributed by atoms with E-state index < -0.39 is 22.3 Å². The molecule has 1 amide bonds. The van der Waals surface area contributed by atoms with Crippen LogP contribution in [0.5, 0.6) is 0 Å². The predicted molar refractivity (Wildman–Crippen MR) is 103 cm³/mol. The number of halogens is 2. The van der Waals surface area contributed by atoms with Gasteiger partial charge in [-0.3, -0.25) is 14.9 Å². The highest BCUT2D eigenvalue weighted by Gasteiger charge is 2.20. The molecule has 0 aliphatic heterocycles. The number of para-hydroxylation sites is 2. The van der Waals surface area contributed by atoms with Crippen LogP contribution in [0.2, 0.25) is 5.02 Å². The molecule has 0 aliphatic rings. The highest BCUT2D eigenvalue weighted by atomic mass is 35.5. The molecule has 0 bridgehead atoms. The van der Waals surface area contributed by atoms with Gasteiger partial charge in [-0.25, -0.2) is 9.37 Å². The third-order valence-electron chi connectivity index (χ3n) is 3.61. The molecule has 2 aromatic carbocycles. The maximum atomic E-state index is 14.0. The Morgan fingerprint density at radius 3 is 2.70 bits per heavy atom. The van der Waals surface area contributed by atoms with Gasteiger partial charge in [0.25, 0.3) is 11.6 Å². The number of nitro groups is 1. The largest absolute Gasteiger partial charge is 0.323 e. The van der Waals surface area contributed by atoms with E-state index in [2.05, 4.69) is 15.6 Å². The first-order valence-electron chi connectivity index (χ1n) is 7.59. The summed E-state index contributed by atoms with van der Waals surface area (Å²) in [6.07, 6.45) is 1.29.